The minimum absolute atomic E-state index is 0.0351. The molecule has 2 heterocycles. The molecule has 9 rings (SSSR count). The highest BCUT2D eigenvalue weighted by atomic mass is 16.1. The summed E-state index contributed by atoms with van der Waals surface area (Å²) in [5.41, 5.74) is 9.00. The van der Waals surface area contributed by atoms with E-state index in [0.29, 0.717) is 17.5 Å². The lowest BCUT2D eigenvalue weighted by molar-refractivity contribution is 0.795. The number of aromatic nitrogens is 5. The van der Waals surface area contributed by atoms with E-state index in [9.17, 15) is 4.79 Å². The SMILES string of the molecule is Cn1c(=O)n(C)c2cc(-c3c4ccccc4c(-c4cccc(-c5nc(-c6ccccc6)nc(-c6ccccc6)n5)c4)c4ccccc34)ccc21. The molecule has 2 aromatic heterocycles. The Hall–Kier alpha value is -6.66. The lowest BCUT2D eigenvalue weighted by Gasteiger charge is -2.18. The number of hydrogen-bond donors (Lipinski definition) is 0. The zero-order chi connectivity index (χ0) is 33.8. The fraction of sp³-hybridized carbons (Fsp3) is 0.0455. The highest BCUT2D eigenvalue weighted by Gasteiger charge is 2.19. The summed E-state index contributed by atoms with van der Waals surface area (Å²) in [6, 6.07) is 52.1. The van der Waals surface area contributed by atoms with Crippen molar-refractivity contribution in [2.24, 2.45) is 14.1 Å². The van der Waals surface area contributed by atoms with Gasteiger partial charge < -0.3 is 0 Å². The molecule has 0 N–H and O–H groups in total. The van der Waals surface area contributed by atoms with Crippen LogP contribution in [0.25, 0.3) is 89.0 Å². The van der Waals surface area contributed by atoms with Crippen molar-refractivity contribution in [2.45, 2.75) is 0 Å². The van der Waals surface area contributed by atoms with E-state index in [1.165, 1.54) is 0 Å². The van der Waals surface area contributed by atoms with Crippen LogP contribution in [-0.4, -0.2) is 24.1 Å². The smallest absolute Gasteiger partial charge is 0.295 e. The third kappa shape index (κ3) is 4.80. The largest absolute Gasteiger partial charge is 0.328 e. The zero-order valence-corrected chi connectivity index (χ0v) is 27.6. The number of rotatable bonds is 5. The average molecular weight is 646 g/mol. The fourth-order valence-corrected chi connectivity index (χ4v) is 7.16. The number of imidazole rings is 1. The highest BCUT2D eigenvalue weighted by molar-refractivity contribution is 6.21. The third-order valence-corrected chi connectivity index (χ3v) is 9.60. The van der Waals surface area contributed by atoms with Gasteiger partial charge in [-0.15, -0.1) is 0 Å². The van der Waals surface area contributed by atoms with Crippen LogP contribution < -0.4 is 5.69 Å². The topological polar surface area (TPSA) is 65.6 Å². The first kappa shape index (κ1) is 29.5. The van der Waals surface area contributed by atoms with Gasteiger partial charge in [0.05, 0.1) is 11.0 Å². The Balaban J connectivity index is 1.27. The summed E-state index contributed by atoms with van der Waals surface area (Å²) in [6.45, 7) is 0. The Morgan fingerprint density at radius 2 is 0.780 bits per heavy atom. The molecule has 0 radical (unpaired) electrons. The van der Waals surface area contributed by atoms with Crippen LogP contribution in [0.4, 0.5) is 0 Å². The molecule has 0 amide bonds. The molecule has 6 heteroatoms. The van der Waals surface area contributed by atoms with Crippen LogP contribution in [0.15, 0.2) is 156 Å². The molecule has 7 aromatic carbocycles. The molecule has 0 saturated carbocycles. The second-order valence-corrected chi connectivity index (χ2v) is 12.6. The molecule has 0 fully saturated rings. The maximum atomic E-state index is 12.8. The normalized spacial score (nSPS) is 11.5. The van der Waals surface area contributed by atoms with Crippen molar-refractivity contribution in [3.8, 4) is 56.4 Å². The van der Waals surface area contributed by atoms with E-state index in [0.717, 1.165) is 71.5 Å². The number of fused-ring (bicyclic) bond motifs is 3. The van der Waals surface area contributed by atoms with Crippen molar-refractivity contribution in [2.75, 3.05) is 0 Å². The Morgan fingerprint density at radius 1 is 0.380 bits per heavy atom. The van der Waals surface area contributed by atoms with Gasteiger partial charge in [-0.25, -0.2) is 19.7 Å². The molecule has 0 aliphatic carbocycles. The van der Waals surface area contributed by atoms with Crippen molar-refractivity contribution in [1.82, 2.24) is 24.1 Å². The van der Waals surface area contributed by atoms with E-state index in [1.807, 2.05) is 74.8 Å². The average Bonchev–Trinajstić information content (AvgIpc) is 3.40. The molecule has 238 valence electrons. The van der Waals surface area contributed by atoms with E-state index in [-0.39, 0.29) is 5.69 Å². The summed E-state index contributed by atoms with van der Waals surface area (Å²) in [5.74, 6) is 1.88. The number of benzene rings is 7. The molecule has 50 heavy (non-hydrogen) atoms. The molecule has 0 unspecified atom stereocenters. The number of nitrogens with zero attached hydrogens (tertiary/aromatic N) is 5. The van der Waals surface area contributed by atoms with E-state index in [2.05, 4.69) is 91.0 Å². The second-order valence-electron chi connectivity index (χ2n) is 12.6. The summed E-state index contributed by atoms with van der Waals surface area (Å²) in [6.07, 6.45) is 0. The molecular formula is C44H31N5O. The van der Waals surface area contributed by atoms with Crippen LogP contribution in [0.1, 0.15) is 0 Å². The van der Waals surface area contributed by atoms with Crippen LogP contribution in [0.5, 0.6) is 0 Å². The molecule has 0 spiro atoms. The van der Waals surface area contributed by atoms with Crippen LogP contribution in [0.2, 0.25) is 0 Å². The molecule has 0 bridgehead atoms. The Morgan fingerprint density at radius 3 is 1.30 bits per heavy atom. The maximum Gasteiger partial charge on any atom is 0.328 e. The van der Waals surface area contributed by atoms with Gasteiger partial charge in [-0.05, 0) is 62.0 Å². The van der Waals surface area contributed by atoms with Crippen molar-refractivity contribution < 1.29 is 0 Å². The molecule has 0 aliphatic rings. The highest BCUT2D eigenvalue weighted by Crippen LogP contribution is 2.44. The van der Waals surface area contributed by atoms with Gasteiger partial charge in [0.25, 0.3) is 0 Å². The van der Waals surface area contributed by atoms with Crippen LogP contribution in [-0.2, 0) is 14.1 Å². The van der Waals surface area contributed by atoms with Crippen LogP contribution in [0, 0.1) is 0 Å². The van der Waals surface area contributed by atoms with E-state index >= 15 is 0 Å². The summed E-state index contributed by atoms with van der Waals surface area (Å²) >= 11 is 0. The lowest BCUT2D eigenvalue weighted by Crippen LogP contribution is -2.19. The summed E-state index contributed by atoms with van der Waals surface area (Å²) in [5, 5.41) is 4.58. The number of aryl methyl sites for hydroxylation is 2. The summed E-state index contributed by atoms with van der Waals surface area (Å²) < 4.78 is 3.42. The van der Waals surface area contributed by atoms with E-state index < -0.39 is 0 Å². The van der Waals surface area contributed by atoms with Crippen molar-refractivity contribution in [3.05, 3.63) is 162 Å². The van der Waals surface area contributed by atoms with Crippen LogP contribution in [0.3, 0.4) is 0 Å². The predicted molar refractivity (Wildman–Crippen MR) is 204 cm³/mol. The number of hydrogen-bond acceptors (Lipinski definition) is 4. The zero-order valence-electron chi connectivity index (χ0n) is 27.6. The molecule has 0 aliphatic heterocycles. The van der Waals surface area contributed by atoms with E-state index in [4.69, 9.17) is 15.0 Å². The maximum absolute atomic E-state index is 12.8. The molecular weight excluding hydrogens is 615 g/mol. The lowest BCUT2D eigenvalue weighted by atomic mass is 9.85. The first-order valence-electron chi connectivity index (χ1n) is 16.6. The minimum atomic E-state index is -0.0351. The van der Waals surface area contributed by atoms with Gasteiger partial charge in [0.1, 0.15) is 0 Å². The Labute approximate surface area is 288 Å². The predicted octanol–water partition coefficient (Wildman–Crippen LogP) is 9.70. The Bertz CT molecular complexity index is 2690. The first-order valence-corrected chi connectivity index (χ1v) is 16.6. The van der Waals surface area contributed by atoms with Gasteiger partial charge in [0.15, 0.2) is 17.5 Å². The summed E-state index contributed by atoms with van der Waals surface area (Å²) in [4.78, 5) is 27.7. The quantitative estimate of drug-likeness (QED) is 0.175. The van der Waals surface area contributed by atoms with Gasteiger partial charge in [-0.2, -0.15) is 0 Å². The first-order chi connectivity index (χ1) is 24.5. The molecule has 6 nitrogen and oxygen atoms in total. The van der Waals surface area contributed by atoms with Gasteiger partial charge in [0.2, 0.25) is 0 Å². The molecule has 9 aromatic rings. The molecule has 0 atom stereocenters. The summed E-state index contributed by atoms with van der Waals surface area (Å²) in [7, 11) is 3.65. The van der Waals surface area contributed by atoms with Crippen molar-refractivity contribution in [1.29, 1.82) is 0 Å². The molecule has 0 saturated heterocycles. The van der Waals surface area contributed by atoms with Gasteiger partial charge >= 0.3 is 5.69 Å². The monoisotopic (exact) mass is 645 g/mol. The van der Waals surface area contributed by atoms with E-state index in [1.54, 1.807) is 9.13 Å². The van der Waals surface area contributed by atoms with Crippen molar-refractivity contribution >= 4 is 32.6 Å². The van der Waals surface area contributed by atoms with Crippen LogP contribution >= 0.6 is 0 Å². The fourth-order valence-electron chi connectivity index (χ4n) is 7.16. The second kappa shape index (κ2) is 11.8. The third-order valence-electron chi connectivity index (χ3n) is 9.60. The standard InChI is InChI=1S/C44H31N5O/c1-48-37-25-24-31(27-38(37)49(2)44(48)50)40-35-22-11-9-20-33(35)39(34-21-10-12-23-36(34)40)30-18-13-19-32(26-30)43-46-41(28-14-5-3-6-15-28)45-42(47-43)29-16-7-4-8-17-29/h3-27H,1-2H3. The van der Waals surface area contributed by atoms with Gasteiger partial charge in [0, 0.05) is 30.8 Å². The Kier molecular flexibility index (Phi) is 6.95. The minimum Gasteiger partial charge on any atom is -0.295 e. The van der Waals surface area contributed by atoms with Gasteiger partial charge in [-0.1, -0.05) is 133 Å². The van der Waals surface area contributed by atoms with Crippen molar-refractivity contribution in [3.63, 3.8) is 0 Å². The van der Waals surface area contributed by atoms with Gasteiger partial charge in [-0.3, -0.25) is 9.13 Å².